The van der Waals surface area contributed by atoms with Crippen LogP contribution >= 0.6 is 22.6 Å². The van der Waals surface area contributed by atoms with E-state index in [1.807, 2.05) is 47.4 Å². The van der Waals surface area contributed by atoms with E-state index >= 15 is 0 Å². The van der Waals surface area contributed by atoms with Gasteiger partial charge in [0.05, 0.1) is 19.2 Å². The number of hydrogen-bond acceptors (Lipinski definition) is 4. The minimum Gasteiger partial charge on any atom is -0.497 e. The Morgan fingerprint density at radius 1 is 1.04 bits per heavy atom. The van der Waals surface area contributed by atoms with E-state index in [9.17, 15) is 9.59 Å². The van der Waals surface area contributed by atoms with E-state index in [-0.39, 0.29) is 18.4 Å². The Morgan fingerprint density at radius 3 is 2.50 bits per heavy atom. The normalized spacial score (nSPS) is 14.4. The maximum Gasteiger partial charge on any atom is 0.252 e. The van der Waals surface area contributed by atoms with Crippen molar-refractivity contribution in [2.24, 2.45) is 0 Å². The van der Waals surface area contributed by atoms with Crippen LogP contribution in [0.1, 0.15) is 16.8 Å². The Hall–Kier alpha value is -2.29. The van der Waals surface area contributed by atoms with Crippen molar-refractivity contribution in [2.75, 3.05) is 44.7 Å². The summed E-state index contributed by atoms with van der Waals surface area (Å²) >= 11 is 2.12. The van der Waals surface area contributed by atoms with Crippen LogP contribution in [-0.2, 0) is 4.79 Å². The summed E-state index contributed by atoms with van der Waals surface area (Å²) in [6, 6.07) is 15.3. The van der Waals surface area contributed by atoms with Gasteiger partial charge in [-0.25, -0.2) is 0 Å². The number of nitrogens with one attached hydrogen (secondary N) is 1. The molecule has 3 rings (SSSR count). The molecule has 0 bridgehead atoms. The fourth-order valence-electron chi connectivity index (χ4n) is 3.23. The number of carbonyl (C=O) groups excluding carboxylic acids is 2. The van der Waals surface area contributed by atoms with Crippen molar-refractivity contribution in [1.29, 1.82) is 0 Å². The van der Waals surface area contributed by atoms with Gasteiger partial charge in [0.25, 0.3) is 5.91 Å². The van der Waals surface area contributed by atoms with Gasteiger partial charge in [-0.15, -0.1) is 0 Å². The smallest absolute Gasteiger partial charge is 0.252 e. The maximum absolute atomic E-state index is 12.6. The fraction of sp³-hybridized carbons (Fsp3) is 0.333. The van der Waals surface area contributed by atoms with E-state index in [4.69, 9.17) is 4.74 Å². The predicted octanol–water partition coefficient (Wildman–Crippen LogP) is 2.77. The third-order valence-corrected chi connectivity index (χ3v) is 5.75. The average Bonchev–Trinajstić information content (AvgIpc) is 2.98. The average molecular weight is 493 g/mol. The Morgan fingerprint density at radius 2 is 1.79 bits per heavy atom. The molecule has 0 aliphatic carbocycles. The summed E-state index contributed by atoms with van der Waals surface area (Å²) < 4.78 is 6.08. The minimum absolute atomic E-state index is 0.0202. The monoisotopic (exact) mass is 493 g/mol. The van der Waals surface area contributed by atoms with Gasteiger partial charge < -0.3 is 19.9 Å². The molecule has 0 unspecified atom stereocenters. The van der Waals surface area contributed by atoms with Crippen LogP contribution in [0.2, 0.25) is 0 Å². The molecule has 1 fully saturated rings. The van der Waals surface area contributed by atoms with E-state index in [1.165, 1.54) is 0 Å². The summed E-state index contributed by atoms with van der Waals surface area (Å²) in [6.45, 7) is 3.02. The number of halogens is 1. The Kier molecular flexibility index (Phi) is 7.13. The summed E-state index contributed by atoms with van der Waals surface area (Å²) in [5.41, 5.74) is 1.72. The van der Waals surface area contributed by atoms with Crippen molar-refractivity contribution < 1.29 is 14.3 Å². The number of methoxy groups -OCH3 is 1. The van der Waals surface area contributed by atoms with E-state index in [2.05, 4.69) is 32.8 Å². The highest BCUT2D eigenvalue weighted by Crippen LogP contribution is 2.20. The van der Waals surface area contributed by atoms with Crippen molar-refractivity contribution >= 4 is 40.1 Å². The molecule has 1 saturated heterocycles. The lowest BCUT2D eigenvalue weighted by Crippen LogP contribution is -2.42. The quantitative estimate of drug-likeness (QED) is 0.652. The molecule has 2 aromatic carbocycles. The first kappa shape index (κ1) is 20.4. The second kappa shape index (κ2) is 9.77. The van der Waals surface area contributed by atoms with Crippen LogP contribution < -0.4 is 15.0 Å². The minimum atomic E-state index is -0.215. The lowest BCUT2D eigenvalue weighted by Gasteiger charge is -2.24. The first-order chi connectivity index (χ1) is 13.6. The van der Waals surface area contributed by atoms with E-state index < -0.39 is 0 Å². The zero-order valence-corrected chi connectivity index (χ0v) is 18.0. The number of rotatable bonds is 5. The van der Waals surface area contributed by atoms with E-state index in [1.54, 1.807) is 13.2 Å². The number of nitrogens with zero attached hydrogens (tertiary/aromatic N) is 2. The molecule has 0 aromatic heterocycles. The predicted molar refractivity (Wildman–Crippen MR) is 118 cm³/mol. The molecule has 0 spiro atoms. The van der Waals surface area contributed by atoms with Crippen LogP contribution in [0.15, 0.2) is 48.5 Å². The summed E-state index contributed by atoms with van der Waals surface area (Å²) in [5, 5.41) is 2.75. The molecule has 1 N–H and O–H groups in total. The molecular weight excluding hydrogens is 469 g/mol. The van der Waals surface area contributed by atoms with Gasteiger partial charge in [0.1, 0.15) is 5.75 Å². The Labute approximate surface area is 179 Å². The van der Waals surface area contributed by atoms with Gasteiger partial charge in [0.15, 0.2) is 0 Å². The second-order valence-electron chi connectivity index (χ2n) is 6.58. The molecule has 0 radical (unpaired) electrons. The van der Waals surface area contributed by atoms with Gasteiger partial charge in [-0.1, -0.05) is 12.1 Å². The largest absolute Gasteiger partial charge is 0.497 e. The third kappa shape index (κ3) is 5.15. The van der Waals surface area contributed by atoms with Gasteiger partial charge in [0, 0.05) is 35.4 Å². The second-order valence-corrected chi connectivity index (χ2v) is 7.74. The molecule has 7 heteroatoms. The number of benzene rings is 2. The number of hydrogen-bond donors (Lipinski definition) is 1. The van der Waals surface area contributed by atoms with Crippen molar-refractivity contribution in [3.8, 4) is 5.75 Å². The number of carbonyl (C=O) groups is 2. The van der Waals surface area contributed by atoms with Crippen LogP contribution in [0.4, 0.5) is 5.69 Å². The topological polar surface area (TPSA) is 61.9 Å². The van der Waals surface area contributed by atoms with Crippen LogP contribution in [0.5, 0.6) is 5.75 Å². The highest BCUT2D eigenvalue weighted by Gasteiger charge is 2.20. The first-order valence-corrected chi connectivity index (χ1v) is 10.4. The van der Waals surface area contributed by atoms with Crippen LogP contribution in [0.25, 0.3) is 0 Å². The lowest BCUT2D eigenvalue weighted by molar-refractivity contribution is -0.129. The van der Waals surface area contributed by atoms with Gasteiger partial charge in [-0.05, 0) is 65.4 Å². The van der Waals surface area contributed by atoms with E-state index in [0.717, 1.165) is 34.5 Å². The summed E-state index contributed by atoms with van der Waals surface area (Å²) in [4.78, 5) is 29.0. The molecule has 28 heavy (non-hydrogen) atoms. The number of anilines is 1. The van der Waals surface area contributed by atoms with Gasteiger partial charge in [0.2, 0.25) is 5.91 Å². The molecule has 1 heterocycles. The lowest BCUT2D eigenvalue weighted by atomic mass is 10.2. The maximum atomic E-state index is 12.6. The zero-order valence-electron chi connectivity index (χ0n) is 15.9. The molecule has 1 aliphatic rings. The van der Waals surface area contributed by atoms with Crippen molar-refractivity contribution in [3.63, 3.8) is 0 Å². The third-order valence-electron chi connectivity index (χ3n) is 4.80. The molecule has 0 saturated carbocycles. The number of ether oxygens (including phenoxy) is 1. The van der Waals surface area contributed by atoms with Gasteiger partial charge in [-0.3, -0.25) is 9.59 Å². The molecular formula is C21H24IN3O3. The fourth-order valence-corrected chi connectivity index (χ4v) is 3.86. The van der Waals surface area contributed by atoms with Crippen LogP contribution in [-0.4, -0.2) is 56.5 Å². The Balaban J connectivity index is 1.52. The van der Waals surface area contributed by atoms with Crippen LogP contribution in [0.3, 0.4) is 0 Å². The summed E-state index contributed by atoms with van der Waals surface area (Å²) in [6.07, 6.45) is 0.891. The molecule has 148 valence electrons. The van der Waals surface area contributed by atoms with Gasteiger partial charge >= 0.3 is 0 Å². The molecule has 2 amide bonds. The number of amides is 2. The molecule has 0 atom stereocenters. The van der Waals surface area contributed by atoms with Gasteiger partial charge in [-0.2, -0.15) is 0 Å². The highest BCUT2D eigenvalue weighted by atomic mass is 127. The van der Waals surface area contributed by atoms with Crippen LogP contribution in [0, 0.1) is 3.57 Å². The molecule has 1 aliphatic heterocycles. The standard InChI is InChI=1S/C21H24IN3O3/c1-28-17-9-7-16(8-10-17)24-11-4-12-25(14-13-24)20(26)15-23-21(27)18-5-2-3-6-19(18)22/h2-3,5-10H,4,11-15H2,1H3,(H,23,27). The SMILES string of the molecule is COc1ccc(N2CCCN(C(=O)CNC(=O)c3ccccc3I)CC2)cc1. The van der Waals surface area contributed by atoms with Crippen molar-refractivity contribution in [3.05, 3.63) is 57.7 Å². The summed E-state index contributed by atoms with van der Waals surface area (Å²) in [7, 11) is 1.65. The first-order valence-electron chi connectivity index (χ1n) is 9.28. The van der Waals surface area contributed by atoms with E-state index in [0.29, 0.717) is 18.7 Å². The summed E-state index contributed by atoms with van der Waals surface area (Å²) in [5.74, 6) is 0.572. The molecule has 6 nitrogen and oxygen atoms in total. The molecule has 2 aromatic rings. The Bertz CT molecular complexity index is 826. The van der Waals surface area contributed by atoms with Crippen molar-refractivity contribution in [2.45, 2.75) is 6.42 Å². The highest BCUT2D eigenvalue weighted by molar-refractivity contribution is 14.1. The van der Waals surface area contributed by atoms with Crippen molar-refractivity contribution in [1.82, 2.24) is 10.2 Å². The zero-order chi connectivity index (χ0) is 19.9.